The van der Waals surface area contributed by atoms with E-state index in [9.17, 15) is 9.18 Å². The van der Waals surface area contributed by atoms with Crippen molar-refractivity contribution in [3.8, 4) is 22.3 Å². The summed E-state index contributed by atoms with van der Waals surface area (Å²) in [5.41, 5.74) is 11.6. The minimum atomic E-state index is -0.585. The number of carbonyl (C=O) groups is 1. The highest BCUT2D eigenvalue weighted by Crippen LogP contribution is 2.34. The Hall–Kier alpha value is -3.45. The summed E-state index contributed by atoms with van der Waals surface area (Å²) < 4.78 is 14.9. The Labute approximate surface area is 212 Å². The lowest BCUT2D eigenvalue weighted by atomic mass is 9.94. The number of fused-ring (bicyclic) bond motifs is 1. The Balaban J connectivity index is 1.38. The van der Waals surface area contributed by atoms with Crippen molar-refractivity contribution in [2.75, 3.05) is 43.9 Å². The first-order valence-electron chi connectivity index (χ1n) is 12.7. The first kappa shape index (κ1) is 24.3. The van der Waals surface area contributed by atoms with Crippen molar-refractivity contribution >= 4 is 17.4 Å². The van der Waals surface area contributed by atoms with E-state index in [-0.39, 0.29) is 11.7 Å². The molecule has 1 saturated heterocycles. The molecule has 3 heterocycles. The third-order valence-corrected chi connectivity index (χ3v) is 7.33. The first-order chi connectivity index (χ1) is 17.3. The molecule has 1 fully saturated rings. The lowest BCUT2D eigenvalue weighted by molar-refractivity contribution is 0.0946. The van der Waals surface area contributed by atoms with E-state index in [0.29, 0.717) is 35.2 Å². The van der Waals surface area contributed by atoms with Crippen molar-refractivity contribution in [1.82, 2.24) is 15.2 Å². The molecule has 1 aromatic heterocycles. The summed E-state index contributed by atoms with van der Waals surface area (Å²) in [4.78, 5) is 21.0. The molecule has 5 rings (SSSR count). The van der Waals surface area contributed by atoms with E-state index in [4.69, 9.17) is 5.73 Å². The van der Waals surface area contributed by atoms with Crippen LogP contribution in [0.1, 0.15) is 36.2 Å². The van der Waals surface area contributed by atoms with Gasteiger partial charge in [0.15, 0.2) is 0 Å². The zero-order chi connectivity index (χ0) is 25.4. The molecule has 1 unspecified atom stereocenters. The van der Waals surface area contributed by atoms with Crippen molar-refractivity contribution in [2.24, 2.45) is 5.92 Å². The monoisotopic (exact) mass is 487 g/mol. The van der Waals surface area contributed by atoms with Crippen LogP contribution in [0.15, 0.2) is 48.5 Å². The number of nitrogens with two attached hydrogens (primary N) is 1. The molecule has 3 N–H and O–H groups in total. The SMILES string of the molecule is CC(C)CN(C)C1CCN(c2ccc(-c3cc(-c4ccc5c(c4)CCNC5=O)c(N)nc3F)cc2)C1. The molecular formula is C29H34FN5O. The fourth-order valence-electron chi connectivity index (χ4n) is 5.45. The van der Waals surface area contributed by atoms with Crippen molar-refractivity contribution < 1.29 is 9.18 Å². The van der Waals surface area contributed by atoms with Gasteiger partial charge in [0.1, 0.15) is 5.82 Å². The van der Waals surface area contributed by atoms with Crippen LogP contribution in [0.5, 0.6) is 0 Å². The minimum absolute atomic E-state index is 0.0651. The van der Waals surface area contributed by atoms with Crippen molar-refractivity contribution in [3.63, 3.8) is 0 Å². The first-order valence-corrected chi connectivity index (χ1v) is 12.7. The van der Waals surface area contributed by atoms with Crippen LogP contribution in [0.2, 0.25) is 0 Å². The van der Waals surface area contributed by atoms with Gasteiger partial charge in [-0.1, -0.05) is 38.1 Å². The Kier molecular flexibility index (Phi) is 6.67. The number of anilines is 2. The maximum Gasteiger partial charge on any atom is 0.251 e. The fourth-order valence-corrected chi connectivity index (χ4v) is 5.45. The maximum atomic E-state index is 14.9. The standard InChI is InChI=1S/C29H34FN5O/c1-18(2)16-34(3)23-11-13-35(17-23)22-7-4-19(5-8-22)25-15-26(28(31)33-27(25)30)20-6-9-24-21(14-20)10-12-32-29(24)36/h4-9,14-15,18,23H,10-13,16-17H2,1-3H3,(H2,31,33)(H,32,36). The number of nitrogen functional groups attached to an aromatic ring is 1. The second-order valence-electron chi connectivity index (χ2n) is 10.4. The van der Waals surface area contributed by atoms with E-state index in [1.807, 2.05) is 24.3 Å². The summed E-state index contributed by atoms with van der Waals surface area (Å²) in [7, 11) is 2.21. The van der Waals surface area contributed by atoms with Crippen LogP contribution >= 0.6 is 0 Å². The number of hydrogen-bond acceptors (Lipinski definition) is 5. The van der Waals surface area contributed by atoms with Crippen LogP contribution in [-0.2, 0) is 6.42 Å². The molecule has 188 valence electrons. The van der Waals surface area contributed by atoms with Crippen molar-refractivity contribution in [3.05, 3.63) is 65.6 Å². The van der Waals surface area contributed by atoms with Crippen LogP contribution < -0.4 is 16.0 Å². The number of benzene rings is 2. The molecule has 7 heteroatoms. The summed E-state index contributed by atoms with van der Waals surface area (Å²) in [6, 6.07) is 16.0. The molecule has 3 aromatic rings. The lowest BCUT2D eigenvalue weighted by Gasteiger charge is -2.26. The van der Waals surface area contributed by atoms with E-state index in [1.54, 1.807) is 12.1 Å². The molecule has 6 nitrogen and oxygen atoms in total. The average molecular weight is 488 g/mol. The Morgan fingerprint density at radius 2 is 1.86 bits per heavy atom. The van der Waals surface area contributed by atoms with Gasteiger partial charge in [-0.25, -0.2) is 4.98 Å². The molecule has 0 radical (unpaired) electrons. The summed E-state index contributed by atoms with van der Waals surface area (Å²) in [6.07, 6.45) is 1.90. The molecule has 2 aromatic carbocycles. The molecule has 2 aliphatic heterocycles. The van der Waals surface area contributed by atoms with E-state index in [2.05, 4.69) is 53.1 Å². The number of nitrogens with zero attached hydrogens (tertiary/aromatic N) is 3. The van der Waals surface area contributed by atoms with Gasteiger partial charge in [-0.2, -0.15) is 4.39 Å². The van der Waals surface area contributed by atoms with Crippen LogP contribution in [0.4, 0.5) is 15.9 Å². The second kappa shape index (κ2) is 9.90. The van der Waals surface area contributed by atoms with Crippen molar-refractivity contribution in [1.29, 1.82) is 0 Å². The number of carbonyl (C=O) groups excluding carboxylic acids is 1. The summed E-state index contributed by atoms with van der Waals surface area (Å²) in [6.45, 7) is 8.23. The topological polar surface area (TPSA) is 74.5 Å². The van der Waals surface area contributed by atoms with E-state index < -0.39 is 5.95 Å². The molecule has 0 spiro atoms. The predicted octanol–water partition coefficient (Wildman–Crippen LogP) is 4.59. The molecule has 36 heavy (non-hydrogen) atoms. The number of halogens is 1. The maximum absolute atomic E-state index is 14.9. The predicted molar refractivity (Wildman–Crippen MR) is 144 cm³/mol. The van der Waals surface area contributed by atoms with E-state index in [0.717, 1.165) is 54.9 Å². The van der Waals surface area contributed by atoms with E-state index >= 15 is 0 Å². The highest BCUT2D eigenvalue weighted by molar-refractivity contribution is 5.97. The summed E-state index contributed by atoms with van der Waals surface area (Å²) in [5.74, 6) is 0.140. The number of amides is 1. The number of likely N-dealkylation sites (N-methyl/N-ethyl adjacent to an activating group) is 1. The highest BCUT2D eigenvalue weighted by atomic mass is 19.1. The summed E-state index contributed by atoms with van der Waals surface area (Å²) >= 11 is 0. The van der Waals surface area contributed by atoms with Crippen molar-refractivity contribution in [2.45, 2.75) is 32.7 Å². The minimum Gasteiger partial charge on any atom is -0.383 e. The fraction of sp³-hybridized carbons (Fsp3) is 0.379. The smallest absolute Gasteiger partial charge is 0.251 e. The van der Waals surface area contributed by atoms with Crippen LogP contribution in [0.3, 0.4) is 0 Å². The van der Waals surface area contributed by atoms with Gasteiger partial charge in [-0.15, -0.1) is 0 Å². The van der Waals surface area contributed by atoms with E-state index in [1.165, 1.54) is 0 Å². The van der Waals surface area contributed by atoms with Gasteiger partial charge < -0.3 is 20.9 Å². The van der Waals surface area contributed by atoms with Crippen LogP contribution in [-0.4, -0.2) is 55.1 Å². The molecule has 0 bridgehead atoms. The normalized spacial score (nSPS) is 17.6. The molecule has 1 amide bonds. The molecule has 2 aliphatic rings. The second-order valence-corrected chi connectivity index (χ2v) is 10.4. The quantitative estimate of drug-likeness (QED) is 0.498. The third kappa shape index (κ3) is 4.80. The van der Waals surface area contributed by atoms with Gasteiger partial charge in [0, 0.05) is 54.6 Å². The molecule has 0 saturated carbocycles. The number of rotatable bonds is 6. The van der Waals surface area contributed by atoms with Gasteiger partial charge >= 0.3 is 0 Å². The van der Waals surface area contributed by atoms with Gasteiger partial charge in [-0.05, 0) is 66.8 Å². The van der Waals surface area contributed by atoms with Gasteiger partial charge in [0.2, 0.25) is 5.95 Å². The number of hydrogen-bond donors (Lipinski definition) is 2. The molecule has 1 atom stereocenters. The number of aromatic nitrogens is 1. The van der Waals surface area contributed by atoms with Gasteiger partial charge in [0.25, 0.3) is 5.91 Å². The Bertz CT molecular complexity index is 1270. The zero-order valence-electron chi connectivity index (χ0n) is 21.2. The average Bonchev–Trinajstić information content (AvgIpc) is 3.35. The summed E-state index contributed by atoms with van der Waals surface area (Å²) in [5, 5.41) is 2.86. The van der Waals surface area contributed by atoms with Crippen LogP contribution in [0, 0.1) is 11.9 Å². The third-order valence-electron chi connectivity index (χ3n) is 7.33. The Morgan fingerprint density at radius 3 is 2.61 bits per heavy atom. The van der Waals surface area contributed by atoms with Gasteiger partial charge in [-0.3, -0.25) is 4.79 Å². The molecule has 0 aliphatic carbocycles. The van der Waals surface area contributed by atoms with Crippen LogP contribution in [0.25, 0.3) is 22.3 Å². The number of pyridine rings is 1. The number of nitrogens with one attached hydrogen (secondary N) is 1. The molecular weight excluding hydrogens is 453 g/mol. The Morgan fingerprint density at radius 1 is 1.11 bits per heavy atom. The zero-order valence-corrected chi connectivity index (χ0v) is 21.2. The van der Waals surface area contributed by atoms with Gasteiger partial charge in [0.05, 0.1) is 0 Å². The largest absolute Gasteiger partial charge is 0.383 e. The highest BCUT2D eigenvalue weighted by Gasteiger charge is 2.26. The lowest BCUT2D eigenvalue weighted by Crippen LogP contribution is -2.36.